The Morgan fingerprint density at radius 3 is 2.08 bits per heavy atom. The van der Waals surface area contributed by atoms with Crippen molar-refractivity contribution < 1.29 is 23.7 Å². The van der Waals surface area contributed by atoms with Crippen LogP contribution in [0.1, 0.15) is 21.5 Å². The summed E-state index contributed by atoms with van der Waals surface area (Å²) in [6.07, 6.45) is 0. The van der Waals surface area contributed by atoms with E-state index < -0.39 is 0 Å². The van der Waals surface area contributed by atoms with Crippen molar-refractivity contribution in [3.8, 4) is 23.0 Å². The van der Waals surface area contributed by atoms with Crippen LogP contribution in [-0.4, -0.2) is 39.3 Å². The third-order valence-electron chi connectivity index (χ3n) is 5.95. The molecular weight excluding hydrogens is 460 g/mol. The van der Waals surface area contributed by atoms with Gasteiger partial charge in [0.05, 0.1) is 35.0 Å². The van der Waals surface area contributed by atoms with Crippen molar-refractivity contribution in [2.24, 2.45) is 0 Å². The number of aromatic nitrogens is 1. The molecule has 0 unspecified atom stereocenters. The molecule has 0 radical (unpaired) electrons. The van der Waals surface area contributed by atoms with E-state index in [0.29, 0.717) is 39.8 Å². The van der Waals surface area contributed by atoms with Crippen molar-refractivity contribution in [1.82, 2.24) is 4.98 Å². The highest BCUT2D eigenvalue weighted by molar-refractivity contribution is 6.07. The normalized spacial score (nSPS) is 10.7. The van der Waals surface area contributed by atoms with Crippen molar-refractivity contribution in [1.29, 1.82) is 0 Å². The van der Waals surface area contributed by atoms with Gasteiger partial charge in [0, 0.05) is 22.3 Å². The standard InChI is InChI=1S/C28H28N2O6/c1-17-6-7-18-13-20(27(31)29-23(18)12-17)16-30(21-8-10-22(33-2)11-9-21)28(32)19-14-24(34-3)26(36-5)25(15-19)35-4/h6-15H,16H2,1-5H3,(H,29,31). The van der Waals surface area contributed by atoms with E-state index in [0.717, 1.165) is 16.5 Å². The summed E-state index contributed by atoms with van der Waals surface area (Å²) in [5.74, 6) is 1.40. The van der Waals surface area contributed by atoms with Gasteiger partial charge >= 0.3 is 0 Å². The van der Waals surface area contributed by atoms with Gasteiger partial charge < -0.3 is 28.8 Å². The van der Waals surface area contributed by atoms with Crippen LogP contribution in [0.5, 0.6) is 23.0 Å². The van der Waals surface area contributed by atoms with Crippen molar-refractivity contribution in [2.45, 2.75) is 13.5 Å². The van der Waals surface area contributed by atoms with Crippen LogP contribution < -0.4 is 29.4 Å². The molecule has 4 aromatic rings. The Morgan fingerprint density at radius 2 is 1.50 bits per heavy atom. The summed E-state index contributed by atoms with van der Waals surface area (Å²) in [6.45, 7) is 2.01. The lowest BCUT2D eigenvalue weighted by Crippen LogP contribution is -2.33. The highest BCUT2D eigenvalue weighted by Gasteiger charge is 2.24. The van der Waals surface area contributed by atoms with Crippen LogP contribution in [0, 0.1) is 6.92 Å². The lowest BCUT2D eigenvalue weighted by molar-refractivity contribution is 0.0984. The smallest absolute Gasteiger partial charge is 0.258 e. The van der Waals surface area contributed by atoms with Gasteiger partial charge in [-0.2, -0.15) is 0 Å². The van der Waals surface area contributed by atoms with Crippen LogP contribution in [0.4, 0.5) is 5.69 Å². The quantitative estimate of drug-likeness (QED) is 0.386. The number of ether oxygens (including phenoxy) is 4. The average Bonchev–Trinajstić information content (AvgIpc) is 2.90. The number of hydrogen-bond acceptors (Lipinski definition) is 6. The zero-order valence-electron chi connectivity index (χ0n) is 20.9. The summed E-state index contributed by atoms with van der Waals surface area (Å²) in [6, 6.07) is 17.9. The molecule has 4 rings (SSSR count). The molecule has 1 aromatic heterocycles. The molecule has 0 bridgehead atoms. The predicted octanol–water partition coefficient (Wildman–Crippen LogP) is 4.72. The molecule has 0 aliphatic heterocycles. The maximum atomic E-state index is 13.9. The molecule has 0 saturated carbocycles. The van der Waals surface area contributed by atoms with Crippen molar-refractivity contribution in [3.63, 3.8) is 0 Å². The Bertz CT molecular complexity index is 1430. The molecule has 186 valence electrons. The largest absolute Gasteiger partial charge is 0.497 e. The number of aromatic amines is 1. The fraction of sp³-hybridized carbons (Fsp3) is 0.214. The highest BCUT2D eigenvalue weighted by Crippen LogP contribution is 2.39. The van der Waals surface area contributed by atoms with Gasteiger partial charge in [0.1, 0.15) is 5.75 Å². The van der Waals surface area contributed by atoms with Gasteiger partial charge in [-0.15, -0.1) is 0 Å². The molecule has 0 aliphatic rings. The molecule has 0 fully saturated rings. The van der Waals surface area contributed by atoms with Crippen LogP contribution in [0.3, 0.4) is 0 Å². The molecule has 1 N–H and O–H groups in total. The molecule has 0 aliphatic carbocycles. The summed E-state index contributed by atoms with van der Waals surface area (Å²) >= 11 is 0. The Labute approximate surface area is 209 Å². The fourth-order valence-corrected chi connectivity index (χ4v) is 4.05. The van der Waals surface area contributed by atoms with Crippen LogP contribution in [-0.2, 0) is 6.54 Å². The van der Waals surface area contributed by atoms with E-state index in [1.165, 1.54) is 26.2 Å². The minimum atomic E-state index is -0.345. The molecule has 8 heteroatoms. The third kappa shape index (κ3) is 4.84. The number of fused-ring (bicyclic) bond motifs is 1. The van der Waals surface area contributed by atoms with Gasteiger partial charge in [-0.05, 0) is 66.4 Å². The second-order valence-electron chi connectivity index (χ2n) is 8.22. The van der Waals surface area contributed by atoms with Crippen molar-refractivity contribution in [3.05, 3.63) is 87.7 Å². The molecule has 1 amide bonds. The van der Waals surface area contributed by atoms with Gasteiger partial charge in [-0.25, -0.2) is 0 Å². The minimum absolute atomic E-state index is 0.0426. The Hall–Kier alpha value is -4.46. The number of nitrogens with zero attached hydrogens (tertiary/aromatic N) is 1. The molecule has 36 heavy (non-hydrogen) atoms. The van der Waals surface area contributed by atoms with E-state index in [1.54, 1.807) is 43.5 Å². The average molecular weight is 489 g/mol. The van der Waals surface area contributed by atoms with E-state index >= 15 is 0 Å². The van der Waals surface area contributed by atoms with E-state index in [-0.39, 0.29) is 18.0 Å². The molecule has 8 nitrogen and oxygen atoms in total. The zero-order chi connectivity index (χ0) is 25.8. The summed E-state index contributed by atoms with van der Waals surface area (Å²) in [4.78, 5) is 31.3. The number of nitrogens with one attached hydrogen (secondary N) is 1. The molecule has 1 heterocycles. The van der Waals surface area contributed by atoms with E-state index in [9.17, 15) is 9.59 Å². The lowest BCUT2D eigenvalue weighted by atomic mass is 10.1. The number of anilines is 1. The molecular formula is C28H28N2O6. The molecule has 0 saturated heterocycles. The number of amides is 1. The minimum Gasteiger partial charge on any atom is -0.497 e. The molecule has 0 spiro atoms. The van der Waals surface area contributed by atoms with Gasteiger partial charge in [-0.3, -0.25) is 9.59 Å². The number of aryl methyl sites for hydroxylation is 1. The second-order valence-corrected chi connectivity index (χ2v) is 8.22. The van der Waals surface area contributed by atoms with Crippen LogP contribution in [0.2, 0.25) is 0 Å². The van der Waals surface area contributed by atoms with E-state index in [1.807, 2.05) is 31.2 Å². The van der Waals surface area contributed by atoms with Crippen molar-refractivity contribution in [2.75, 3.05) is 33.3 Å². The van der Waals surface area contributed by atoms with Gasteiger partial charge in [0.15, 0.2) is 11.5 Å². The van der Waals surface area contributed by atoms with E-state index in [2.05, 4.69) is 4.98 Å². The number of methoxy groups -OCH3 is 4. The first-order valence-electron chi connectivity index (χ1n) is 11.3. The second kappa shape index (κ2) is 10.4. The maximum Gasteiger partial charge on any atom is 0.258 e. The first kappa shape index (κ1) is 24.7. The first-order valence-corrected chi connectivity index (χ1v) is 11.3. The van der Waals surface area contributed by atoms with Crippen molar-refractivity contribution >= 4 is 22.5 Å². The number of benzene rings is 3. The molecule has 0 atom stereocenters. The van der Waals surface area contributed by atoms with Crippen LogP contribution in [0.15, 0.2) is 65.5 Å². The lowest BCUT2D eigenvalue weighted by Gasteiger charge is -2.24. The fourth-order valence-electron chi connectivity index (χ4n) is 4.05. The highest BCUT2D eigenvalue weighted by atomic mass is 16.5. The van der Waals surface area contributed by atoms with Gasteiger partial charge in [-0.1, -0.05) is 12.1 Å². The third-order valence-corrected chi connectivity index (χ3v) is 5.95. The Morgan fingerprint density at radius 1 is 0.833 bits per heavy atom. The van der Waals surface area contributed by atoms with E-state index in [4.69, 9.17) is 18.9 Å². The Kier molecular flexibility index (Phi) is 7.15. The van der Waals surface area contributed by atoms with Gasteiger partial charge in [0.2, 0.25) is 5.75 Å². The Balaban J connectivity index is 1.82. The number of pyridine rings is 1. The number of carbonyl (C=O) groups excluding carboxylic acids is 1. The SMILES string of the molecule is COc1ccc(N(Cc2cc3ccc(C)cc3[nH]c2=O)C(=O)c2cc(OC)c(OC)c(OC)c2)cc1. The number of rotatable bonds is 8. The summed E-state index contributed by atoms with van der Waals surface area (Å²) in [5, 5.41) is 0.880. The number of carbonyl (C=O) groups is 1. The summed E-state index contributed by atoms with van der Waals surface area (Å²) in [7, 11) is 6.05. The summed E-state index contributed by atoms with van der Waals surface area (Å²) < 4.78 is 21.5. The first-order chi connectivity index (χ1) is 17.4. The predicted molar refractivity (Wildman–Crippen MR) is 139 cm³/mol. The monoisotopic (exact) mass is 488 g/mol. The topological polar surface area (TPSA) is 90.1 Å². The van der Waals surface area contributed by atoms with Gasteiger partial charge in [0.25, 0.3) is 11.5 Å². The zero-order valence-corrected chi connectivity index (χ0v) is 20.9. The maximum absolute atomic E-state index is 13.9. The summed E-state index contributed by atoms with van der Waals surface area (Å²) in [5.41, 5.74) is 2.89. The molecule has 3 aromatic carbocycles. The number of H-pyrrole nitrogens is 1. The van der Waals surface area contributed by atoms with Crippen LogP contribution >= 0.6 is 0 Å². The van der Waals surface area contributed by atoms with Crippen LogP contribution in [0.25, 0.3) is 10.9 Å². The number of hydrogen-bond donors (Lipinski definition) is 1.